The fourth-order valence-corrected chi connectivity index (χ4v) is 2.78. The molecule has 1 rings (SSSR count). The van der Waals surface area contributed by atoms with Crippen molar-refractivity contribution in [3.05, 3.63) is 22.1 Å². The van der Waals surface area contributed by atoms with E-state index in [2.05, 4.69) is 32.6 Å². The van der Waals surface area contributed by atoms with Crippen molar-refractivity contribution < 1.29 is 9.72 Å². The number of hydrogen-bond donors (Lipinski definition) is 3. The number of nitrogens with one attached hydrogen (secondary N) is 2. The van der Waals surface area contributed by atoms with Gasteiger partial charge in [0.2, 0.25) is 11.5 Å². The van der Waals surface area contributed by atoms with E-state index >= 15 is 0 Å². The summed E-state index contributed by atoms with van der Waals surface area (Å²) < 4.78 is 2.59. The average Bonchev–Trinajstić information content (AvgIpc) is 2.56. The number of carbonyl (C=O) groups excluding carboxylic acids is 1. The average molecular weight is 359 g/mol. The largest absolute Gasteiger partial charge is 0.367 e. The van der Waals surface area contributed by atoms with Gasteiger partial charge in [-0.3, -0.25) is 19.6 Å². The smallest absolute Gasteiger partial charge is 0.342 e. The number of carbonyl (C=O) groups is 1. The highest BCUT2D eigenvalue weighted by Crippen LogP contribution is 2.24. The Hall–Kier alpha value is -1.55. The van der Waals surface area contributed by atoms with Crippen LogP contribution < -0.4 is 10.0 Å². The highest BCUT2D eigenvalue weighted by Gasteiger charge is 2.27. The number of hydrogen-bond acceptors (Lipinski definition) is 8. The van der Waals surface area contributed by atoms with Gasteiger partial charge in [-0.25, -0.2) is 9.97 Å². The maximum Gasteiger partial charge on any atom is 0.342 e. The minimum atomic E-state index is -0.660. The molecule has 0 saturated heterocycles. The Morgan fingerprint density at radius 1 is 1.30 bits per heavy atom. The van der Waals surface area contributed by atoms with E-state index < -0.39 is 16.5 Å². The Kier molecular flexibility index (Phi) is 9.37. The van der Waals surface area contributed by atoms with Crippen LogP contribution in [0.25, 0.3) is 0 Å². The summed E-state index contributed by atoms with van der Waals surface area (Å²) >= 11 is 5.39. The van der Waals surface area contributed by atoms with Crippen molar-refractivity contribution in [2.45, 2.75) is 32.1 Å². The summed E-state index contributed by atoms with van der Waals surface area (Å²) in [7, 11) is 1.50. The summed E-state index contributed by atoms with van der Waals surface area (Å²) in [6.45, 7) is 0. The predicted octanol–water partition coefficient (Wildman–Crippen LogP) is 2.68. The van der Waals surface area contributed by atoms with Crippen LogP contribution in [0.5, 0.6) is 0 Å². The molecular formula is C13H21N5O3S2. The molecule has 0 aromatic carbocycles. The first-order valence-corrected chi connectivity index (χ1v) is 8.93. The topological polar surface area (TPSA) is 110 Å². The first-order valence-electron chi connectivity index (χ1n) is 7.32. The normalized spacial score (nSPS) is 10.3. The van der Waals surface area contributed by atoms with Crippen molar-refractivity contribution in [3.8, 4) is 0 Å². The minimum Gasteiger partial charge on any atom is -0.367 e. The van der Waals surface area contributed by atoms with E-state index in [0.717, 1.165) is 43.5 Å². The molecule has 10 heteroatoms. The van der Waals surface area contributed by atoms with Crippen molar-refractivity contribution in [2.24, 2.45) is 0 Å². The van der Waals surface area contributed by atoms with E-state index in [1.54, 1.807) is 0 Å². The van der Waals surface area contributed by atoms with Gasteiger partial charge in [-0.1, -0.05) is 31.2 Å². The van der Waals surface area contributed by atoms with Gasteiger partial charge in [0.15, 0.2) is 0 Å². The molecule has 0 unspecified atom stereocenters. The van der Waals surface area contributed by atoms with Crippen LogP contribution in [0.4, 0.5) is 11.5 Å². The third-order valence-electron chi connectivity index (χ3n) is 3.03. The van der Waals surface area contributed by atoms with Crippen LogP contribution in [-0.2, 0) is 0 Å². The van der Waals surface area contributed by atoms with Crippen LogP contribution in [0, 0.1) is 10.1 Å². The predicted molar refractivity (Wildman–Crippen MR) is 95.1 cm³/mol. The lowest BCUT2D eigenvalue weighted by Gasteiger charge is -2.06. The second-order valence-electron chi connectivity index (χ2n) is 4.70. The summed E-state index contributed by atoms with van der Waals surface area (Å²) in [6, 6.07) is 0. The van der Waals surface area contributed by atoms with Crippen LogP contribution in [0.3, 0.4) is 0 Å². The van der Waals surface area contributed by atoms with Gasteiger partial charge < -0.3 is 5.32 Å². The maximum absolute atomic E-state index is 12.0. The summed E-state index contributed by atoms with van der Waals surface area (Å²) in [5.74, 6) is 1.10. The molecule has 0 fully saturated rings. The van der Waals surface area contributed by atoms with E-state index in [9.17, 15) is 14.9 Å². The van der Waals surface area contributed by atoms with Gasteiger partial charge in [0.25, 0.3) is 5.91 Å². The van der Waals surface area contributed by atoms with Gasteiger partial charge in [-0.05, 0) is 18.6 Å². The summed E-state index contributed by atoms with van der Waals surface area (Å²) in [5.41, 5.74) is -0.657. The molecule has 2 N–H and O–H groups in total. The lowest BCUT2D eigenvalue weighted by molar-refractivity contribution is -0.384. The zero-order chi connectivity index (χ0) is 17.1. The molecule has 0 spiro atoms. The van der Waals surface area contributed by atoms with Gasteiger partial charge in [0.1, 0.15) is 6.33 Å². The molecule has 0 aliphatic heterocycles. The fourth-order valence-electron chi connectivity index (χ4n) is 1.88. The van der Waals surface area contributed by atoms with Gasteiger partial charge in [0, 0.05) is 12.8 Å². The molecule has 1 aromatic rings. The van der Waals surface area contributed by atoms with Crippen molar-refractivity contribution in [2.75, 3.05) is 23.9 Å². The third kappa shape index (κ3) is 6.61. The Bertz CT molecular complexity index is 530. The first kappa shape index (κ1) is 19.5. The Labute approximate surface area is 144 Å². The second-order valence-corrected chi connectivity index (χ2v) is 6.05. The van der Waals surface area contributed by atoms with Crippen molar-refractivity contribution >= 4 is 42.0 Å². The number of amides is 1. The molecule has 0 aliphatic rings. The van der Waals surface area contributed by atoms with Crippen LogP contribution in [0.15, 0.2) is 6.33 Å². The van der Waals surface area contributed by atoms with Crippen LogP contribution in [-0.4, -0.2) is 39.4 Å². The highest BCUT2D eigenvalue weighted by molar-refractivity contribution is 7.97. The molecule has 0 atom stereocenters. The highest BCUT2D eigenvalue weighted by atomic mass is 32.2. The van der Waals surface area contributed by atoms with E-state index in [0.29, 0.717) is 0 Å². The molecule has 128 valence electrons. The monoisotopic (exact) mass is 359 g/mol. The van der Waals surface area contributed by atoms with E-state index in [1.165, 1.54) is 25.4 Å². The molecule has 1 aromatic heterocycles. The van der Waals surface area contributed by atoms with Gasteiger partial charge >= 0.3 is 5.69 Å². The van der Waals surface area contributed by atoms with Crippen molar-refractivity contribution in [1.29, 1.82) is 0 Å². The summed E-state index contributed by atoms with van der Waals surface area (Å²) in [6.07, 6.45) is 6.63. The molecule has 1 amide bonds. The zero-order valence-corrected chi connectivity index (χ0v) is 14.7. The number of unbranched alkanes of at least 4 members (excludes halogenated alkanes) is 4. The third-order valence-corrected chi connectivity index (χ3v) is 4.16. The first-order chi connectivity index (χ1) is 11.1. The second kappa shape index (κ2) is 11.1. The molecule has 1 heterocycles. The Morgan fingerprint density at radius 2 is 2.00 bits per heavy atom. The zero-order valence-electron chi connectivity index (χ0n) is 12.9. The summed E-state index contributed by atoms with van der Waals surface area (Å²) in [4.78, 5) is 30.0. The molecule has 23 heavy (non-hydrogen) atoms. The van der Waals surface area contributed by atoms with Crippen molar-refractivity contribution in [1.82, 2.24) is 14.7 Å². The number of anilines is 1. The van der Waals surface area contributed by atoms with E-state index in [4.69, 9.17) is 0 Å². The number of nitrogens with zero attached hydrogens (tertiary/aromatic N) is 3. The molecule has 0 radical (unpaired) electrons. The van der Waals surface area contributed by atoms with E-state index in [-0.39, 0.29) is 11.5 Å². The van der Waals surface area contributed by atoms with Crippen molar-refractivity contribution in [3.63, 3.8) is 0 Å². The van der Waals surface area contributed by atoms with E-state index in [1.807, 2.05) is 0 Å². The Morgan fingerprint density at radius 3 is 2.65 bits per heavy atom. The number of nitro groups is 1. The quantitative estimate of drug-likeness (QED) is 0.183. The standard InChI is InChI=1S/C13H21N5O3S2/c1-14-12-11(18(20)21)10(15-9-16-12)13(19)17-23-8-6-4-2-3-5-7-22/h9,22H,2-8H2,1H3,(H,17,19)(H,14,15,16). The number of thiol groups is 1. The minimum absolute atomic E-state index is 0.0179. The number of aromatic nitrogens is 2. The molecule has 0 saturated carbocycles. The molecule has 0 bridgehead atoms. The van der Waals surface area contributed by atoms with Crippen LogP contribution in [0.2, 0.25) is 0 Å². The molecular weight excluding hydrogens is 338 g/mol. The SMILES string of the molecule is CNc1ncnc(C(=O)NSCCCCCCCS)c1[N+](=O)[O-]. The lowest BCUT2D eigenvalue weighted by Crippen LogP contribution is -2.20. The number of rotatable bonds is 11. The maximum atomic E-state index is 12.0. The van der Waals surface area contributed by atoms with Gasteiger partial charge in [0.05, 0.1) is 4.92 Å². The molecule has 0 aliphatic carbocycles. The summed E-state index contributed by atoms with van der Waals surface area (Å²) in [5, 5.41) is 13.7. The lowest BCUT2D eigenvalue weighted by atomic mass is 10.2. The van der Waals surface area contributed by atoms with Gasteiger partial charge in [-0.15, -0.1) is 0 Å². The van der Waals surface area contributed by atoms with Gasteiger partial charge in [-0.2, -0.15) is 12.6 Å². The molecule has 8 nitrogen and oxygen atoms in total. The van der Waals surface area contributed by atoms with Crippen LogP contribution >= 0.6 is 24.6 Å². The van der Waals surface area contributed by atoms with Crippen LogP contribution in [0.1, 0.15) is 42.6 Å². The Balaban J connectivity index is 2.45. The fraction of sp³-hybridized carbons (Fsp3) is 0.615.